The van der Waals surface area contributed by atoms with E-state index in [4.69, 9.17) is 0 Å². The van der Waals surface area contributed by atoms with Crippen LogP contribution in [0.5, 0.6) is 0 Å². The molecule has 1 fully saturated rings. The highest BCUT2D eigenvalue weighted by Gasteiger charge is 2.34. The molecule has 0 radical (unpaired) electrons. The van der Waals surface area contributed by atoms with Crippen molar-refractivity contribution in [1.29, 1.82) is 0 Å². The van der Waals surface area contributed by atoms with E-state index >= 15 is 0 Å². The molecule has 0 aromatic carbocycles. The van der Waals surface area contributed by atoms with E-state index in [1.165, 1.54) is 0 Å². The minimum Gasteiger partial charge on any atom is -0.354 e. The van der Waals surface area contributed by atoms with Gasteiger partial charge in [0.25, 0.3) is 0 Å². The third kappa shape index (κ3) is 3.12. The van der Waals surface area contributed by atoms with Crippen LogP contribution < -0.4 is 10.2 Å². The van der Waals surface area contributed by atoms with E-state index in [1.807, 2.05) is 0 Å². The topological polar surface area (TPSA) is 58.1 Å². The van der Waals surface area contributed by atoms with Gasteiger partial charge in [-0.15, -0.1) is 0 Å². The van der Waals surface area contributed by atoms with E-state index in [0.717, 1.165) is 12.3 Å². The van der Waals surface area contributed by atoms with Crippen molar-refractivity contribution in [2.24, 2.45) is 0 Å². The van der Waals surface area contributed by atoms with Crippen molar-refractivity contribution in [2.45, 2.75) is 25.6 Å². The van der Waals surface area contributed by atoms with Gasteiger partial charge in [0.2, 0.25) is 11.9 Å². The largest absolute Gasteiger partial charge is 0.433 e. The van der Waals surface area contributed by atoms with Crippen LogP contribution in [-0.4, -0.2) is 35.0 Å². The Morgan fingerprint density at radius 1 is 1.47 bits per heavy atom. The Labute approximate surface area is 107 Å². The number of carbonyl (C=O) groups is 1. The van der Waals surface area contributed by atoms with Crippen LogP contribution in [0.25, 0.3) is 0 Å². The Kier molecular flexibility index (Phi) is 3.59. The number of rotatable bonds is 1. The molecule has 19 heavy (non-hydrogen) atoms. The minimum atomic E-state index is -4.50. The predicted molar refractivity (Wildman–Crippen MR) is 61.5 cm³/mol. The van der Waals surface area contributed by atoms with E-state index in [2.05, 4.69) is 15.3 Å². The molecule has 1 aromatic heterocycles. The van der Waals surface area contributed by atoms with E-state index in [-0.39, 0.29) is 24.3 Å². The Morgan fingerprint density at radius 2 is 2.21 bits per heavy atom. The number of aromatic nitrogens is 2. The van der Waals surface area contributed by atoms with Gasteiger partial charge in [0, 0.05) is 31.7 Å². The summed E-state index contributed by atoms with van der Waals surface area (Å²) in [5.41, 5.74) is -0.978. The highest BCUT2D eigenvalue weighted by Crippen LogP contribution is 2.28. The van der Waals surface area contributed by atoms with Crippen LogP contribution in [0.4, 0.5) is 19.1 Å². The first-order valence-corrected chi connectivity index (χ1v) is 5.81. The van der Waals surface area contributed by atoms with Gasteiger partial charge >= 0.3 is 6.18 Å². The van der Waals surface area contributed by atoms with E-state index in [0.29, 0.717) is 13.1 Å². The number of nitrogens with one attached hydrogen (secondary N) is 1. The second-order valence-electron chi connectivity index (χ2n) is 4.34. The fourth-order valence-corrected chi connectivity index (χ4v) is 1.93. The molecule has 2 heterocycles. The lowest BCUT2D eigenvalue weighted by Crippen LogP contribution is -2.36. The molecular weight excluding hydrogens is 261 g/mol. The summed E-state index contributed by atoms with van der Waals surface area (Å²) in [6.45, 7) is 2.51. The van der Waals surface area contributed by atoms with Gasteiger partial charge in [0.15, 0.2) is 0 Å². The second-order valence-corrected chi connectivity index (χ2v) is 4.34. The molecule has 1 aliphatic heterocycles. The Bertz CT molecular complexity index is 477. The normalized spacial score (nSPS) is 20.9. The SMILES string of the molecule is CC1CC(=O)NCCN1c1nccc(C(F)(F)F)n1. The lowest BCUT2D eigenvalue weighted by atomic mass is 10.2. The molecule has 0 bridgehead atoms. The molecule has 0 spiro atoms. The zero-order valence-corrected chi connectivity index (χ0v) is 10.2. The first-order chi connectivity index (χ1) is 8.88. The van der Waals surface area contributed by atoms with E-state index in [9.17, 15) is 18.0 Å². The lowest BCUT2D eigenvalue weighted by Gasteiger charge is -2.26. The van der Waals surface area contributed by atoms with E-state index in [1.54, 1.807) is 11.8 Å². The number of hydrogen-bond acceptors (Lipinski definition) is 4. The van der Waals surface area contributed by atoms with Crippen molar-refractivity contribution >= 4 is 11.9 Å². The van der Waals surface area contributed by atoms with Crippen molar-refractivity contribution in [3.8, 4) is 0 Å². The Morgan fingerprint density at radius 3 is 2.89 bits per heavy atom. The maximum atomic E-state index is 12.6. The zero-order valence-electron chi connectivity index (χ0n) is 10.2. The molecule has 104 valence electrons. The first-order valence-electron chi connectivity index (χ1n) is 5.81. The van der Waals surface area contributed by atoms with Crippen molar-refractivity contribution in [2.75, 3.05) is 18.0 Å². The summed E-state index contributed by atoms with van der Waals surface area (Å²) in [5, 5.41) is 2.66. The minimum absolute atomic E-state index is 0.00109. The number of anilines is 1. The number of nitrogens with zero attached hydrogens (tertiary/aromatic N) is 3. The average molecular weight is 274 g/mol. The van der Waals surface area contributed by atoms with Crippen LogP contribution in [0, 0.1) is 0 Å². The van der Waals surface area contributed by atoms with Crippen LogP contribution in [-0.2, 0) is 11.0 Å². The van der Waals surface area contributed by atoms with E-state index < -0.39 is 11.9 Å². The molecule has 0 aliphatic carbocycles. The van der Waals surface area contributed by atoms with Gasteiger partial charge in [-0.2, -0.15) is 13.2 Å². The summed E-state index contributed by atoms with van der Waals surface area (Å²) >= 11 is 0. The van der Waals surface area contributed by atoms with Crippen molar-refractivity contribution in [3.63, 3.8) is 0 Å². The summed E-state index contributed by atoms with van der Waals surface area (Å²) in [5.74, 6) is -0.124. The highest BCUT2D eigenvalue weighted by atomic mass is 19.4. The number of alkyl halides is 3. The lowest BCUT2D eigenvalue weighted by molar-refractivity contribution is -0.141. The summed E-state index contributed by atoms with van der Waals surface area (Å²) in [7, 11) is 0. The second kappa shape index (κ2) is 5.02. The van der Waals surface area contributed by atoms with Crippen molar-refractivity contribution in [1.82, 2.24) is 15.3 Å². The van der Waals surface area contributed by atoms with Crippen molar-refractivity contribution in [3.05, 3.63) is 18.0 Å². The molecule has 1 aromatic rings. The molecular formula is C11H13F3N4O. The summed E-state index contributed by atoms with van der Waals surface area (Å²) in [4.78, 5) is 20.3. The molecule has 1 N–H and O–H groups in total. The quantitative estimate of drug-likeness (QED) is 0.836. The number of carbonyl (C=O) groups excluding carboxylic acids is 1. The number of halogens is 3. The van der Waals surface area contributed by atoms with Crippen LogP contribution in [0.1, 0.15) is 19.0 Å². The molecule has 1 aliphatic rings. The molecule has 1 unspecified atom stereocenters. The maximum absolute atomic E-state index is 12.6. The molecule has 1 saturated heterocycles. The van der Waals surface area contributed by atoms with Crippen LogP contribution >= 0.6 is 0 Å². The third-order valence-electron chi connectivity index (χ3n) is 2.88. The Balaban J connectivity index is 2.28. The molecule has 8 heteroatoms. The van der Waals surface area contributed by atoms with Gasteiger partial charge in [-0.1, -0.05) is 0 Å². The summed E-state index contributed by atoms with van der Waals surface area (Å²) in [6.07, 6.45) is -3.21. The average Bonchev–Trinajstić information content (AvgIpc) is 2.49. The molecule has 0 saturated carbocycles. The van der Waals surface area contributed by atoms with Gasteiger partial charge < -0.3 is 10.2 Å². The summed E-state index contributed by atoms with van der Waals surface area (Å²) in [6, 6.07) is 0.584. The summed E-state index contributed by atoms with van der Waals surface area (Å²) < 4.78 is 37.8. The molecule has 5 nitrogen and oxygen atoms in total. The standard InChI is InChI=1S/C11H13F3N4O/c1-7-6-9(19)15-4-5-18(7)10-16-3-2-8(17-10)11(12,13)14/h2-3,7H,4-6H2,1H3,(H,15,19). The molecule has 2 rings (SSSR count). The van der Waals surface area contributed by atoms with Gasteiger partial charge in [-0.25, -0.2) is 9.97 Å². The van der Waals surface area contributed by atoms with Gasteiger partial charge in [-0.3, -0.25) is 4.79 Å². The van der Waals surface area contributed by atoms with Crippen molar-refractivity contribution < 1.29 is 18.0 Å². The Hall–Kier alpha value is -1.86. The van der Waals surface area contributed by atoms with Crippen LogP contribution in [0.3, 0.4) is 0 Å². The fourth-order valence-electron chi connectivity index (χ4n) is 1.93. The first kappa shape index (κ1) is 13.6. The highest BCUT2D eigenvalue weighted by molar-refractivity contribution is 5.77. The predicted octanol–water partition coefficient (Wildman–Crippen LogP) is 1.21. The zero-order chi connectivity index (χ0) is 14.0. The maximum Gasteiger partial charge on any atom is 0.433 e. The number of hydrogen-bond donors (Lipinski definition) is 1. The van der Waals surface area contributed by atoms with Crippen LogP contribution in [0.15, 0.2) is 12.3 Å². The van der Waals surface area contributed by atoms with Gasteiger partial charge in [0.05, 0.1) is 0 Å². The fraction of sp³-hybridized carbons (Fsp3) is 0.545. The van der Waals surface area contributed by atoms with Crippen LogP contribution in [0.2, 0.25) is 0 Å². The van der Waals surface area contributed by atoms with Gasteiger partial charge in [0.1, 0.15) is 5.69 Å². The smallest absolute Gasteiger partial charge is 0.354 e. The van der Waals surface area contributed by atoms with Gasteiger partial charge in [-0.05, 0) is 13.0 Å². The molecule has 1 atom stereocenters. The molecule has 1 amide bonds. The monoisotopic (exact) mass is 274 g/mol. The number of amides is 1. The third-order valence-corrected chi connectivity index (χ3v) is 2.88.